The quantitative estimate of drug-likeness (QED) is 0.525. The molecule has 3 unspecified atom stereocenters. The van der Waals surface area contributed by atoms with Gasteiger partial charge in [-0.15, -0.1) is 11.3 Å². The van der Waals surface area contributed by atoms with Gasteiger partial charge in [0.2, 0.25) is 0 Å². The van der Waals surface area contributed by atoms with Crippen molar-refractivity contribution in [3.8, 4) is 0 Å². The Morgan fingerprint density at radius 2 is 2.26 bits per heavy atom. The van der Waals surface area contributed by atoms with Gasteiger partial charge >= 0.3 is 12.1 Å². The van der Waals surface area contributed by atoms with E-state index in [0.717, 1.165) is 17.7 Å². The zero-order valence-electron chi connectivity index (χ0n) is 10.4. The summed E-state index contributed by atoms with van der Waals surface area (Å²) in [4.78, 5) is 24.5. The molecule has 2 aliphatic rings. The Bertz CT molecular complexity index is 509. The Balaban J connectivity index is 1.47. The van der Waals surface area contributed by atoms with Crippen LogP contribution in [0.4, 0.5) is 4.79 Å². The van der Waals surface area contributed by atoms with E-state index in [9.17, 15) is 9.59 Å². The van der Waals surface area contributed by atoms with E-state index in [2.05, 4.69) is 17.5 Å². The highest BCUT2D eigenvalue weighted by Gasteiger charge is 2.41. The van der Waals surface area contributed by atoms with Gasteiger partial charge in [-0.3, -0.25) is 4.79 Å². The number of amides is 1. The average molecular weight is 277 g/mol. The number of ether oxygens (including phenoxy) is 1. The first-order chi connectivity index (χ1) is 9.22. The molecular formula is C14H15NO3S. The lowest BCUT2D eigenvalue weighted by Gasteiger charge is -2.15. The third kappa shape index (κ3) is 2.71. The topological polar surface area (TPSA) is 55.4 Å². The fourth-order valence-corrected chi connectivity index (χ4v) is 3.47. The molecular weight excluding hydrogens is 262 g/mol. The lowest BCUT2D eigenvalue weighted by atomic mass is 9.94. The van der Waals surface area contributed by atoms with Crippen molar-refractivity contribution in [3.05, 3.63) is 34.5 Å². The van der Waals surface area contributed by atoms with Gasteiger partial charge in [0.15, 0.2) is 0 Å². The summed E-state index contributed by atoms with van der Waals surface area (Å²) in [6, 6.07) is 3.84. The molecule has 1 saturated carbocycles. The molecule has 0 radical (unpaired) electrons. The molecule has 4 nitrogen and oxygen atoms in total. The van der Waals surface area contributed by atoms with Gasteiger partial charge in [-0.2, -0.15) is 0 Å². The summed E-state index contributed by atoms with van der Waals surface area (Å²) in [5.74, 6) is 0.238. The largest absolute Gasteiger partial charge is 0.415 e. The first-order valence-electron chi connectivity index (χ1n) is 6.42. The molecule has 1 fully saturated rings. The van der Waals surface area contributed by atoms with Gasteiger partial charge < -0.3 is 10.1 Å². The van der Waals surface area contributed by atoms with Crippen molar-refractivity contribution < 1.29 is 14.3 Å². The number of carbonyl (C=O) groups excluding carboxylic acids is 2. The van der Waals surface area contributed by atoms with Crippen LogP contribution in [-0.4, -0.2) is 12.1 Å². The molecule has 2 aliphatic carbocycles. The molecule has 1 amide bonds. The number of nitrogens with one attached hydrogen (secondary N) is 1. The summed E-state index contributed by atoms with van der Waals surface area (Å²) in [6.45, 7) is 0.403. The lowest BCUT2D eigenvalue weighted by molar-refractivity contribution is -0.142. The van der Waals surface area contributed by atoms with Crippen LogP contribution in [0.25, 0.3) is 0 Å². The highest BCUT2D eigenvalue weighted by atomic mass is 32.1. The van der Waals surface area contributed by atoms with Crippen molar-refractivity contribution in [3.63, 3.8) is 0 Å². The number of esters is 1. The van der Waals surface area contributed by atoms with Crippen molar-refractivity contribution in [1.29, 1.82) is 0 Å². The molecule has 1 aromatic heterocycles. The Kier molecular flexibility index (Phi) is 3.38. The third-order valence-electron chi connectivity index (χ3n) is 3.76. The van der Waals surface area contributed by atoms with Crippen LogP contribution in [0.2, 0.25) is 0 Å². The summed E-state index contributed by atoms with van der Waals surface area (Å²) >= 11 is 1.55. The van der Waals surface area contributed by atoms with Gasteiger partial charge in [-0.05, 0) is 36.1 Å². The zero-order valence-corrected chi connectivity index (χ0v) is 11.2. The summed E-state index contributed by atoms with van der Waals surface area (Å²) in [6.07, 6.45) is 5.43. The van der Waals surface area contributed by atoms with Crippen molar-refractivity contribution in [2.45, 2.75) is 19.4 Å². The van der Waals surface area contributed by atoms with Crippen molar-refractivity contribution in [2.24, 2.45) is 17.8 Å². The summed E-state index contributed by atoms with van der Waals surface area (Å²) in [5, 5.41) is 4.53. The van der Waals surface area contributed by atoms with Crippen molar-refractivity contribution in [1.82, 2.24) is 5.32 Å². The van der Waals surface area contributed by atoms with Crippen molar-refractivity contribution in [2.75, 3.05) is 0 Å². The van der Waals surface area contributed by atoms with Crippen LogP contribution in [0.5, 0.6) is 0 Å². The predicted octanol–water partition coefficient (Wildman–Crippen LogP) is 2.71. The fourth-order valence-electron chi connectivity index (χ4n) is 2.83. The molecule has 0 aliphatic heterocycles. The van der Waals surface area contributed by atoms with Gasteiger partial charge in [0.25, 0.3) is 0 Å². The second-order valence-electron chi connectivity index (χ2n) is 5.03. The van der Waals surface area contributed by atoms with Crippen LogP contribution in [0.3, 0.4) is 0 Å². The molecule has 5 heteroatoms. The van der Waals surface area contributed by atoms with E-state index in [-0.39, 0.29) is 17.8 Å². The van der Waals surface area contributed by atoms with Gasteiger partial charge in [0.1, 0.15) is 0 Å². The minimum absolute atomic E-state index is 0.137. The molecule has 1 N–H and O–H groups in total. The van der Waals surface area contributed by atoms with Crippen LogP contribution < -0.4 is 5.32 Å². The van der Waals surface area contributed by atoms with E-state index < -0.39 is 6.09 Å². The van der Waals surface area contributed by atoms with Crippen molar-refractivity contribution >= 4 is 23.4 Å². The van der Waals surface area contributed by atoms with E-state index in [0.29, 0.717) is 12.5 Å². The minimum atomic E-state index is -0.648. The maximum absolute atomic E-state index is 11.9. The summed E-state index contributed by atoms with van der Waals surface area (Å²) < 4.78 is 4.87. The highest BCUT2D eigenvalue weighted by Crippen LogP contribution is 2.43. The second-order valence-corrected chi connectivity index (χ2v) is 6.06. The number of thiophene rings is 1. The summed E-state index contributed by atoms with van der Waals surface area (Å²) in [5.41, 5.74) is 0. The maximum atomic E-state index is 11.9. The van der Waals surface area contributed by atoms with Crippen LogP contribution in [-0.2, 0) is 16.1 Å². The Morgan fingerprint density at radius 1 is 1.37 bits per heavy atom. The molecule has 3 atom stereocenters. The average Bonchev–Trinajstić information content (AvgIpc) is 3.13. The van der Waals surface area contributed by atoms with E-state index in [4.69, 9.17) is 4.74 Å². The fraction of sp³-hybridized carbons (Fsp3) is 0.429. The number of rotatable bonds is 3. The number of fused-ring (bicyclic) bond motifs is 2. The molecule has 2 bridgehead atoms. The van der Waals surface area contributed by atoms with Gasteiger partial charge in [-0.25, -0.2) is 4.79 Å². The molecule has 0 saturated heterocycles. The van der Waals surface area contributed by atoms with Crippen LogP contribution in [0, 0.1) is 17.8 Å². The lowest BCUT2D eigenvalue weighted by Crippen LogP contribution is -2.30. The Labute approximate surface area is 115 Å². The monoisotopic (exact) mass is 277 g/mol. The number of hydrogen-bond donors (Lipinski definition) is 1. The minimum Gasteiger partial charge on any atom is -0.376 e. The van der Waals surface area contributed by atoms with E-state index >= 15 is 0 Å². The first-order valence-corrected chi connectivity index (χ1v) is 7.30. The van der Waals surface area contributed by atoms with Crippen LogP contribution in [0.1, 0.15) is 17.7 Å². The zero-order chi connectivity index (χ0) is 13.2. The molecule has 0 spiro atoms. The van der Waals surface area contributed by atoms with Gasteiger partial charge in [-0.1, -0.05) is 18.2 Å². The highest BCUT2D eigenvalue weighted by molar-refractivity contribution is 7.09. The maximum Gasteiger partial charge on any atom is 0.415 e. The number of alkyl carbamates (subject to hydrolysis) is 1. The third-order valence-corrected chi connectivity index (χ3v) is 4.64. The molecule has 3 rings (SSSR count). The molecule has 1 heterocycles. The second kappa shape index (κ2) is 5.17. The summed E-state index contributed by atoms with van der Waals surface area (Å²) in [7, 11) is 0. The Hall–Kier alpha value is -1.62. The van der Waals surface area contributed by atoms with E-state index in [1.807, 2.05) is 17.5 Å². The predicted molar refractivity (Wildman–Crippen MR) is 71.5 cm³/mol. The van der Waals surface area contributed by atoms with E-state index in [1.54, 1.807) is 11.3 Å². The first kappa shape index (κ1) is 12.4. The number of allylic oxidation sites excluding steroid dienone is 2. The van der Waals surface area contributed by atoms with Gasteiger partial charge in [0, 0.05) is 4.88 Å². The molecule has 19 heavy (non-hydrogen) atoms. The number of carbonyl (C=O) groups is 2. The van der Waals surface area contributed by atoms with Crippen LogP contribution >= 0.6 is 11.3 Å². The normalized spacial score (nSPS) is 27.5. The Morgan fingerprint density at radius 3 is 2.89 bits per heavy atom. The molecule has 0 aromatic carbocycles. The van der Waals surface area contributed by atoms with Crippen LogP contribution in [0.15, 0.2) is 29.7 Å². The molecule has 1 aromatic rings. The van der Waals surface area contributed by atoms with Gasteiger partial charge in [0.05, 0.1) is 12.5 Å². The smallest absolute Gasteiger partial charge is 0.376 e. The standard InChI is InChI=1S/C14H15NO3S/c16-13(12-7-9-3-4-10(12)6-9)18-14(17)15-8-11-2-1-5-19-11/h1-5,9-10,12H,6-8H2,(H,15,17). The van der Waals surface area contributed by atoms with E-state index in [1.165, 1.54) is 0 Å². The number of hydrogen-bond acceptors (Lipinski definition) is 4. The SMILES string of the molecule is O=C(NCc1cccs1)OC(=O)C1CC2C=CC1C2. The molecule has 100 valence electrons.